The number of nitrogen functional groups attached to an aromatic ring is 1. The van der Waals surface area contributed by atoms with Gasteiger partial charge in [-0.25, -0.2) is 0 Å². The lowest BCUT2D eigenvalue weighted by molar-refractivity contribution is -0.107. The maximum Gasteiger partial charge on any atom is 0.255 e. The smallest absolute Gasteiger partial charge is 0.255 e. The lowest BCUT2D eigenvalue weighted by atomic mass is 10.1. The number of anilines is 3. The molecule has 126 valence electrons. The van der Waals surface area contributed by atoms with Crippen LogP contribution in [0.3, 0.4) is 0 Å². The van der Waals surface area contributed by atoms with Gasteiger partial charge < -0.3 is 15.6 Å². The van der Waals surface area contributed by atoms with E-state index in [4.69, 9.17) is 10.3 Å². The molecule has 7 nitrogen and oxygen atoms in total. The Bertz CT molecular complexity index is 860. The molecule has 0 saturated carbocycles. The topological polar surface area (TPSA) is 101 Å². The average molecular weight is 336 g/mol. The van der Waals surface area contributed by atoms with Crippen molar-refractivity contribution in [3.63, 3.8) is 0 Å². The monoisotopic (exact) mass is 336 g/mol. The van der Waals surface area contributed by atoms with E-state index in [1.165, 1.54) is 11.1 Å². The van der Waals surface area contributed by atoms with Crippen LogP contribution in [0.4, 0.5) is 17.3 Å². The Morgan fingerprint density at radius 3 is 2.56 bits per heavy atom. The van der Waals surface area contributed by atoms with Crippen molar-refractivity contribution in [3.05, 3.63) is 71.9 Å². The first kappa shape index (κ1) is 16.3. The summed E-state index contributed by atoms with van der Waals surface area (Å²) in [6, 6.07) is 15.6. The van der Waals surface area contributed by atoms with Crippen LogP contribution in [-0.2, 0) is 11.3 Å². The first-order valence-electron chi connectivity index (χ1n) is 7.55. The highest BCUT2D eigenvalue weighted by molar-refractivity contribution is 6.05. The molecule has 0 bridgehead atoms. The number of nitrogens with one attached hydrogen (secondary N) is 1. The molecule has 1 heterocycles. The molecule has 3 rings (SSSR count). The van der Waals surface area contributed by atoms with Crippen LogP contribution in [0.25, 0.3) is 0 Å². The molecule has 0 spiro atoms. The zero-order valence-corrected chi connectivity index (χ0v) is 13.3. The van der Waals surface area contributed by atoms with Gasteiger partial charge in [-0.05, 0) is 29.8 Å². The summed E-state index contributed by atoms with van der Waals surface area (Å²) in [5.41, 5.74) is 8.22. The highest BCUT2D eigenvalue weighted by atomic mass is 16.5. The second kappa shape index (κ2) is 7.31. The molecule has 7 heteroatoms. The quantitative estimate of drug-likeness (QED) is 0.532. The van der Waals surface area contributed by atoms with Gasteiger partial charge in [0.1, 0.15) is 0 Å². The number of hydrogen-bond donors (Lipinski definition) is 2. The van der Waals surface area contributed by atoms with Gasteiger partial charge in [0.2, 0.25) is 12.3 Å². The molecule has 0 aliphatic heterocycles. The summed E-state index contributed by atoms with van der Waals surface area (Å²) >= 11 is 0. The molecule has 0 aliphatic carbocycles. The Labute approximate surface area is 144 Å². The predicted octanol–water partition coefficient (Wildman–Crippen LogP) is 2.67. The number of aromatic nitrogens is 1. The van der Waals surface area contributed by atoms with E-state index in [0.717, 1.165) is 5.56 Å². The highest BCUT2D eigenvalue weighted by Crippen LogP contribution is 2.19. The molecular formula is C18H16N4O3. The first-order valence-corrected chi connectivity index (χ1v) is 7.55. The molecule has 2 aromatic carbocycles. The van der Waals surface area contributed by atoms with Crippen molar-refractivity contribution in [3.8, 4) is 0 Å². The lowest BCUT2D eigenvalue weighted by Gasteiger charge is -2.13. The Balaban J connectivity index is 1.68. The number of para-hydroxylation sites is 2. The molecule has 0 radical (unpaired) electrons. The van der Waals surface area contributed by atoms with E-state index >= 15 is 0 Å². The van der Waals surface area contributed by atoms with Gasteiger partial charge in [0.15, 0.2) is 0 Å². The van der Waals surface area contributed by atoms with E-state index in [1.807, 2.05) is 0 Å². The molecule has 25 heavy (non-hydrogen) atoms. The fraction of sp³-hybridized carbons (Fsp3) is 0.0556. The number of carbonyl (C=O) groups is 2. The standard InChI is InChI=1S/C18H16N4O3/c19-15-3-1-2-4-16(15)21-18(24)14-7-5-13(6-8-14)11-22(12-23)17-9-10-20-25-17/h1-10,12H,11,19H2,(H,21,24). The van der Waals surface area contributed by atoms with Crippen molar-refractivity contribution in [1.82, 2.24) is 5.16 Å². The molecule has 2 amide bonds. The van der Waals surface area contributed by atoms with E-state index < -0.39 is 0 Å². The summed E-state index contributed by atoms with van der Waals surface area (Å²) in [6.45, 7) is 0.312. The van der Waals surface area contributed by atoms with Gasteiger partial charge in [-0.3, -0.25) is 14.5 Å². The summed E-state index contributed by atoms with van der Waals surface area (Å²) < 4.78 is 4.97. The minimum Gasteiger partial charge on any atom is -0.397 e. The molecule has 0 fully saturated rings. The maximum atomic E-state index is 12.3. The number of rotatable bonds is 6. The number of nitrogens with two attached hydrogens (primary N) is 1. The third-order valence-corrected chi connectivity index (χ3v) is 3.61. The summed E-state index contributed by atoms with van der Waals surface area (Å²) in [7, 11) is 0. The van der Waals surface area contributed by atoms with Crippen LogP contribution < -0.4 is 16.0 Å². The summed E-state index contributed by atoms with van der Waals surface area (Å²) in [5, 5.41) is 6.34. The van der Waals surface area contributed by atoms with Crippen LogP contribution in [0.2, 0.25) is 0 Å². The Kier molecular flexibility index (Phi) is 4.75. The number of carbonyl (C=O) groups excluding carboxylic acids is 2. The third kappa shape index (κ3) is 3.84. The SMILES string of the molecule is Nc1ccccc1NC(=O)c1ccc(CN(C=O)c2ccno2)cc1. The van der Waals surface area contributed by atoms with Gasteiger partial charge in [-0.2, -0.15) is 0 Å². The fourth-order valence-corrected chi connectivity index (χ4v) is 2.29. The fourth-order valence-electron chi connectivity index (χ4n) is 2.29. The molecule has 0 saturated heterocycles. The van der Waals surface area contributed by atoms with E-state index in [-0.39, 0.29) is 5.91 Å². The van der Waals surface area contributed by atoms with Gasteiger partial charge in [-0.1, -0.05) is 29.4 Å². The molecular weight excluding hydrogens is 320 g/mol. The van der Waals surface area contributed by atoms with Crippen molar-refractivity contribution in [1.29, 1.82) is 0 Å². The average Bonchev–Trinajstić information content (AvgIpc) is 3.16. The highest BCUT2D eigenvalue weighted by Gasteiger charge is 2.11. The number of amides is 2. The van der Waals surface area contributed by atoms with Crippen molar-refractivity contribution in [2.75, 3.05) is 16.0 Å². The molecule has 1 aromatic heterocycles. The zero-order chi connectivity index (χ0) is 17.6. The normalized spacial score (nSPS) is 10.2. The van der Waals surface area contributed by atoms with E-state index in [0.29, 0.717) is 35.8 Å². The van der Waals surface area contributed by atoms with Crippen molar-refractivity contribution < 1.29 is 14.1 Å². The largest absolute Gasteiger partial charge is 0.397 e. The van der Waals surface area contributed by atoms with Gasteiger partial charge >= 0.3 is 0 Å². The molecule has 0 aliphatic rings. The van der Waals surface area contributed by atoms with E-state index in [9.17, 15) is 9.59 Å². The van der Waals surface area contributed by atoms with Gasteiger partial charge in [0.25, 0.3) is 5.91 Å². The molecule has 0 unspecified atom stereocenters. The van der Waals surface area contributed by atoms with Crippen molar-refractivity contribution >= 4 is 29.6 Å². The lowest BCUT2D eigenvalue weighted by Crippen LogP contribution is -2.20. The van der Waals surface area contributed by atoms with Crippen LogP contribution in [-0.4, -0.2) is 17.5 Å². The van der Waals surface area contributed by atoms with Crippen LogP contribution in [0, 0.1) is 0 Å². The summed E-state index contributed by atoms with van der Waals surface area (Å²) in [6.07, 6.45) is 2.13. The van der Waals surface area contributed by atoms with Crippen LogP contribution in [0.5, 0.6) is 0 Å². The first-order chi connectivity index (χ1) is 12.2. The van der Waals surface area contributed by atoms with Crippen LogP contribution >= 0.6 is 0 Å². The summed E-state index contributed by atoms with van der Waals surface area (Å²) in [5.74, 6) is 0.100. The number of hydrogen-bond acceptors (Lipinski definition) is 5. The second-order valence-corrected chi connectivity index (χ2v) is 5.32. The summed E-state index contributed by atoms with van der Waals surface area (Å²) in [4.78, 5) is 24.8. The van der Waals surface area contributed by atoms with Crippen molar-refractivity contribution in [2.24, 2.45) is 0 Å². The van der Waals surface area contributed by atoms with Gasteiger partial charge in [0.05, 0.1) is 24.1 Å². The van der Waals surface area contributed by atoms with E-state index in [1.54, 1.807) is 54.6 Å². The van der Waals surface area contributed by atoms with Crippen LogP contribution in [0.15, 0.2) is 65.3 Å². The molecule has 3 aromatic rings. The van der Waals surface area contributed by atoms with E-state index in [2.05, 4.69) is 10.5 Å². The number of benzene rings is 2. The Morgan fingerprint density at radius 1 is 1.16 bits per heavy atom. The van der Waals surface area contributed by atoms with Crippen LogP contribution in [0.1, 0.15) is 15.9 Å². The van der Waals surface area contributed by atoms with Gasteiger partial charge in [-0.15, -0.1) is 0 Å². The minimum absolute atomic E-state index is 0.257. The number of nitrogens with zero attached hydrogens (tertiary/aromatic N) is 2. The minimum atomic E-state index is -0.257. The Morgan fingerprint density at radius 2 is 1.92 bits per heavy atom. The Hall–Kier alpha value is -3.61. The molecule has 3 N–H and O–H groups in total. The molecule has 0 atom stereocenters. The van der Waals surface area contributed by atoms with Gasteiger partial charge in [0, 0.05) is 11.6 Å². The van der Waals surface area contributed by atoms with Crippen molar-refractivity contribution in [2.45, 2.75) is 6.54 Å². The second-order valence-electron chi connectivity index (χ2n) is 5.32. The third-order valence-electron chi connectivity index (χ3n) is 3.61. The zero-order valence-electron chi connectivity index (χ0n) is 13.3. The maximum absolute atomic E-state index is 12.3. The predicted molar refractivity (Wildman–Crippen MR) is 94.0 cm³/mol.